The Labute approximate surface area is 74.5 Å². The Bertz CT molecular complexity index is 44.7. The predicted octanol–water partition coefficient (Wildman–Crippen LogP) is 3.55. The highest BCUT2D eigenvalue weighted by molar-refractivity contribution is 7.54. The van der Waals surface area contributed by atoms with Gasteiger partial charge in [0.1, 0.15) is 0 Å². The van der Waals surface area contributed by atoms with Crippen LogP contribution >= 0.6 is 30.1 Å². The van der Waals surface area contributed by atoms with Crippen molar-refractivity contribution in [1.29, 1.82) is 0 Å². The van der Waals surface area contributed by atoms with Gasteiger partial charge in [0, 0.05) is 0 Å². The van der Waals surface area contributed by atoms with Crippen LogP contribution in [0.4, 0.5) is 0 Å². The second kappa shape index (κ2) is 9.40. The summed E-state index contributed by atoms with van der Waals surface area (Å²) in [6.07, 6.45) is 1.06. The van der Waals surface area contributed by atoms with Crippen molar-refractivity contribution in [1.82, 2.24) is 0 Å². The van der Waals surface area contributed by atoms with Crippen molar-refractivity contribution < 1.29 is 0 Å². The van der Waals surface area contributed by atoms with E-state index < -0.39 is 11.4 Å². The van der Waals surface area contributed by atoms with Crippen LogP contribution in [-0.4, -0.2) is 11.4 Å². The van der Waals surface area contributed by atoms with E-state index >= 15 is 0 Å². The average molecular weight is 204 g/mol. The van der Waals surface area contributed by atoms with Gasteiger partial charge in [0.05, 0.1) is 0 Å². The molecule has 0 heterocycles. The molecule has 0 saturated heterocycles. The van der Waals surface area contributed by atoms with Gasteiger partial charge in [-0.3, -0.25) is 0 Å². The Hall–Kier alpha value is 1.40. The van der Waals surface area contributed by atoms with E-state index in [1.807, 2.05) is 0 Å². The maximum absolute atomic E-state index is 4.94. The summed E-state index contributed by atoms with van der Waals surface area (Å²) in [5, 5.41) is 0. The zero-order valence-corrected chi connectivity index (χ0v) is 9.13. The Morgan fingerprint density at radius 3 is 1.44 bits per heavy atom. The predicted molar refractivity (Wildman–Crippen MR) is 48.1 cm³/mol. The van der Waals surface area contributed by atoms with Crippen LogP contribution in [0.1, 0.15) is 20.3 Å². The number of hydrogen-bond donors (Lipinski definition) is 0. The summed E-state index contributed by atoms with van der Waals surface area (Å²) in [6.45, 7) is 8.00. The zero-order chi connectivity index (χ0) is 7.86. The zero-order valence-electron chi connectivity index (χ0n) is 5.70. The molecule has 9 heavy (non-hydrogen) atoms. The molecule has 0 aromatic heterocycles. The van der Waals surface area contributed by atoms with Crippen LogP contribution in [0, 0.1) is 12.8 Å². The quantitative estimate of drug-likeness (QED) is 0.573. The van der Waals surface area contributed by atoms with Crippen molar-refractivity contribution in [2.45, 2.75) is 20.3 Å². The first-order valence-electron chi connectivity index (χ1n) is 2.72. The molecule has 0 saturated carbocycles. The van der Waals surface area contributed by atoms with Crippen LogP contribution in [-0.2, 0) is 0 Å². The molecule has 0 bridgehead atoms. The molecule has 55 valence electrons. The lowest BCUT2D eigenvalue weighted by Gasteiger charge is -1.90. The van der Waals surface area contributed by atoms with E-state index in [0.29, 0.717) is 0 Å². The van der Waals surface area contributed by atoms with Crippen LogP contribution in [0.15, 0.2) is 0 Å². The van der Waals surface area contributed by atoms with E-state index in [2.05, 4.69) is 20.8 Å². The molecule has 0 aliphatic heterocycles. The fourth-order valence-electron chi connectivity index (χ4n) is 0. The molecule has 0 amide bonds. The van der Waals surface area contributed by atoms with Crippen LogP contribution in [0.2, 0.25) is 0 Å². The van der Waals surface area contributed by atoms with Crippen molar-refractivity contribution in [3.63, 3.8) is 0 Å². The topological polar surface area (TPSA) is 0 Å². The van der Waals surface area contributed by atoms with Crippen LogP contribution in [0.5, 0.6) is 0 Å². The molecule has 0 N–H and O–H groups in total. The molecule has 0 rings (SSSR count). The maximum atomic E-state index is 4.94. The summed E-state index contributed by atoms with van der Waals surface area (Å²) in [5.41, 5.74) is 0. The Morgan fingerprint density at radius 2 is 1.44 bits per heavy atom. The first kappa shape index (κ1) is 13.0. The van der Waals surface area contributed by atoms with Crippen LogP contribution in [0.25, 0.3) is 0 Å². The molecule has 0 fully saturated rings. The molecule has 1 radical (unpaired) electrons. The summed E-state index contributed by atoms with van der Waals surface area (Å²) in [7, 11) is 14.8. The highest BCUT2D eigenvalue weighted by Crippen LogP contribution is 1.97. The van der Waals surface area contributed by atoms with E-state index in [1.54, 1.807) is 0 Å². The molecular weight excluding hydrogens is 193 g/mol. The van der Waals surface area contributed by atoms with E-state index in [9.17, 15) is 0 Å². The highest BCUT2D eigenvalue weighted by atomic mass is 35.8. The molecule has 0 aliphatic carbocycles. The SMILES string of the molecule is [CH2]CC(C)C.[Cl][Al]([Cl])[Cl]. The second-order valence-corrected chi connectivity index (χ2v) is 8.36. The lowest BCUT2D eigenvalue weighted by Crippen LogP contribution is -1.77. The third-order valence-electron chi connectivity index (χ3n) is 0.577. The fraction of sp³-hybridized carbons (Fsp3) is 0.800. The van der Waals surface area contributed by atoms with E-state index in [1.165, 1.54) is 0 Å². The van der Waals surface area contributed by atoms with Gasteiger partial charge in [-0.1, -0.05) is 27.2 Å². The summed E-state index contributed by atoms with van der Waals surface area (Å²) in [5.74, 6) is 0.773. The number of halogens is 3. The molecule has 0 atom stereocenters. The van der Waals surface area contributed by atoms with Crippen LogP contribution < -0.4 is 0 Å². The third kappa shape index (κ3) is 44.5. The molecule has 0 aromatic carbocycles. The smallest absolute Gasteiger partial charge is 0.214 e. The van der Waals surface area contributed by atoms with Gasteiger partial charge in [-0.15, -0.1) is 0 Å². The summed E-state index contributed by atoms with van der Waals surface area (Å²) >= 11 is -1.72. The lowest BCUT2D eigenvalue weighted by molar-refractivity contribution is 0.661. The van der Waals surface area contributed by atoms with Gasteiger partial charge < -0.3 is 0 Å². The van der Waals surface area contributed by atoms with Gasteiger partial charge in [-0.2, -0.15) is 0 Å². The second-order valence-electron chi connectivity index (χ2n) is 1.93. The number of rotatable bonds is 1. The molecule has 0 unspecified atom stereocenters. The Kier molecular flexibility index (Phi) is 13.6. The highest BCUT2D eigenvalue weighted by Gasteiger charge is 2.00. The van der Waals surface area contributed by atoms with Crippen molar-refractivity contribution in [3.05, 3.63) is 6.92 Å². The van der Waals surface area contributed by atoms with Gasteiger partial charge >= 0.3 is 11.4 Å². The van der Waals surface area contributed by atoms with Crippen molar-refractivity contribution in [3.8, 4) is 0 Å². The first-order chi connectivity index (χ1) is 4.00. The minimum atomic E-state index is -1.72. The molecule has 0 spiro atoms. The summed E-state index contributed by atoms with van der Waals surface area (Å²) < 4.78 is 0. The molecular formula is C5H11AlCl3. The molecule has 0 nitrogen and oxygen atoms in total. The Morgan fingerprint density at radius 1 is 1.33 bits per heavy atom. The molecule has 4 heteroatoms. The fourth-order valence-corrected chi connectivity index (χ4v) is 0. The van der Waals surface area contributed by atoms with Crippen molar-refractivity contribution >= 4 is 41.5 Å². The normalized spacial score (nSPS) is 8.33. The largest absolute Gasteiger partial charge is 0.643 e. The third-order valence-corrected chi connectivity index (χ3v) is 0.577. The van der Waals surface area contributed by atoms with E-state index in [-0.39, 0.29) is 0 Å². The van der Waals surface area contributed by atoms with Gasteiger partial charge in [-0.05, 0) is 5.92 Å². The Balaban J connectivity index is 0. The summed E-state index contributed by atoms with van der Waals surface area (Å²) in [4.78, 5) is 0. The van der Waals surface area contributed by atoms with Gasteiger partial charge in [0.25, 0.3) is 0 Å². The maximum Gasteiger partial charge on any atom is 0.643 e. The van der Waals surface area contributed by atoms with E-state index in [4.69, 9.17) is 30.1 Å². The van der Waals surface area contributed by atoms with Crippen molar-refractivity contribution in [2.24, 2.45) is 5.92 Å². The summed E-state index contributed by atoms with van der Waals surface area (Å²) in [6, 6.07) is 0. The van der Waals surface area contributed by atoms with Gasteiger partial charge in [-0.25, -0.2) is 30.1 Å². The standard InChI is InChI=1S/C5H11.Al.3ClH/c1-4-5(2)3;;;;/h5H,1,4H2,2-3H3;;3*1H/q;+3;;;/p-3. The average Bonchev–Trinajstić information content (AvgIpc) is 1.65. The van der Waals surface area contributed by atoms with Crippen LogP contribution in [0.3, 0.4) is 0 Å². The molecule has 0 aliphatic rings. The monoisotopic (exact) mass is 203 g/mol. The molecule has 0 aromatic rings. The van der Waals surface area contributed by atoms with Crippen molar-refractivity contribution in [2.75, 3.05) is 0 Å². The lowest BCUT2D eigenvalue weighted by atomic mass is 10.2. The van der Waals surface area contributed by atoms with Gasteiger partial charge in [0.15, 0.2) is 0 Å². The first-order valence-corrected chi connectivity index (χ1v) is 7.95. The minimum Gasteiger partial charge on any atom is -0.214 e. The van der Waals surface area contributed by atoms with E-state index in [0.717, 1.165) is 12.3 Å². The number of hydrogen-bond acceptors (Lipinski definition) is 0. The van der Waals surface area contributed by atoms with Gasteiger partial charge in [0.2, 0.25) is 0 Å². The minimum absolute atomic E-state index is 0.773.